The molecule has 0 unspecified atom stereocenters. The molecule has 4 heteroatoms. The highest BCUT2D eigenvalue weighted by atomic mass is 15.1. The van der Waals surface area contributed by atoms with Gasteiger partial charge in [0.2, 0.25) is 0 Å². The van der Waals surface area contributed by atoms with Crippen molar-refractivity contribution in [3.05, 3.63) is 54.4 Å². The monoisotopic (exact) mass is 268 g/mol. The molecule has 0 aliphatic carbocycles. The highest BCUT2D eigenvalue weighted by Gasteiger charge is 2.09. The van der Waals surface area contributed by atoms with Gasteiger partial charge in [0.15, 0.2) is 0 Å². The highest BCUT2D eigenvalue weighted by Crippen LogP contribution is 2.25. The van der Waals surface area contributed by atoms with Gasteiger partial charge in [0.05, 0.1) is 11.9 Å². The Morgan fingerprint density at radius 1 is 1.15 bits per heavy atom. The molecule has 1 aromatic heterocycles. The zero-order valence-electron chi connectivity index (χ0n) is 11.7. The molecule has 1 heterocycles. The smallest absolute Gasteiger partial charge is 0.141 e. The fourth-order valence-corrected chi connectivity index (χ4v) is 2.04. The lowest BCUT2D eigenvalue weighted by Gasteiger charge is -2.24. The largest absolute Gasteiger partial charge is 0.382 e. The number of hydrogen-bond acceptors (Lipinski definition) is 3. The fraction of sp³-hybridized carbons (Fsp3) is 0.250. The number of benzene rings is 1. The van der Waals surface area contributed by atoms with E-state index in [-0.39, 0.29) is 5.84 Å². The predicted octanol–water partition coefficient (Wildman–Crippen LogP) is 3.30. The van der Waals surface area contributed by atoms with Crippen molar-refractivity contribution in [2.75, 3.05) is 11.4 Å². The van der Waals surface area contributed by atoms with Gasteiger partial charge in [-0.05, 0) is 30.7 Å². The molecule has 0 aliphatic rings. The van der Waals surface area contributed by atoms with E-state index in [1.165, 1.54) is 0 Å². The third kappa shape index (κ3) is 3.35. The fourth-order valence-electron chi connectivity index (χ4n) is 2.04. The maximum atomic E-state index is 7.39. The lowest BCUT2D eigenvalue weighted by Crippen LogP contribution is -2.19. The van der Waals surface area contributed by atoms with Crippen molar-refractivity contribution in [1.29, 1.82) is 5.41 Å². The molecule has 0 atom stereocenters. The van der Waals surface area contributed by atoms with Crippen molar-refractivity contribution in [1.82, 2.24) is 4.98 Å². The Labute approximate surface area is 119 Å². The minimum Gasteiger partial charge on any atom is -0.382 e. The number of nitrogens with two attached hydrogens (primary N) is 1. The zero-order chi connectivity index (χ0) is 14.4. The van der Waals surface area contributed by atoms with E-state index >= 15 is 0 Å². The van der Waals surface area contributed by atoms with Crippen molar-refractivity contribution >= 4 is 17.2 Å². The summed E-state index contributed by atoms with van der Waals surface area (Å²) in [6.07, 6.45) is 4.03. The van der Waals surface area contributed by atoms with Gasteiger partial charge in [-0.2, -0.15) is 0 Å². The van der Waals surface area contributed by atoms with Crippen LogP contribution in [0.25, 0.3) is 0 Å². The normalized spacial score (nSPS) is 10.2. The Hall–Kier alpha value is -2.36. The van der Waals surface area contributed by atoms with E-state index in [0.29, 0.717) is 5.69 Å². The van der Waals surface area contributed by atoms with Crippen LogP contribution in [0.4, 0.5) is 11.4 Å². The molecule has 20 heavy (non-hydrogen) atoms. The van der Waals surface area contributed by atoms with Crippen LogP contribution < -0.4 is 10.6 Å². The van der Waals surface area contributed by atoms with E-state index in [9.17, 15) is 0 Å². The van der Waals surface area contributed by atoms with Crippen LogP contribution in [-0.2, 0) is 0 Å². The molecule has 104 valence electrons. The topological polar surface area (TPSA) is 66.0 Å². The van der Waals surface area contributed by atoms with Crippen molar-refractivity contribution < 1.29 is 0 Å². The van der Waals surface area contributed by atoms with Crippen LogP contribution in [0.3, 0.4) is 0 Å². The van der Waals surface area contributed by atoms with E-state index in [2.05, 4.69) is 28.9 Å². The first-order valence-corrected chi connectivity index (χ1v) is 6.85. The van der Waals surface area contributed by atoms with Crippen molar-refractivity contribution in [3.8, 4) is 0 Å². The number of nitrogens with one attached hydrogen (secondary N) is 1. The Balaban J connectivity index is 2.28. The molecule has 0 bridgehead atoms. The summed E-state index contributed by atoms with van der Waals surface area (Å²) >= 11 is 0. The molecular formula is C16H20N4. The number of hydrogen-bond donors (Lipinski definition) is 2. The lowest BCUT2D eigenvalue weighted by atomic mass is 10.2. The van der Waals surface area contributed by atoms with E-state index in [1.54, 1.807) is 12.3 Å². The van der Waals surface area contributed by atoms with Crippen molar-refractivity contribution in [2.45, 2.75) is 19.8 Å². The summed E-state index contributed by atoms with van der Waals surface area (Å²) in [5, 5.41) is 7.39. The molecule has 0 saturated heterocycles. The first-order valence-electron chi connectivity index (χ1n) is 6.85. The SMILES string of the molecule is CCCCN(c1ccccc1)c1ccc(C(=N)N)nc1. The van der Waals surface area contributed by atoms with Gasteiger partial charge in [0.1, 0.15) is 11.5 Å². The number of anilines is 2. The minimum atomic E-state index is -0.00336. The summed E-state index contributed by atoms with van der Waals surface area (Å²) in [4.78, 5) is 6.48. The van der Waals surface area contributed by atoms with Crippen molar-refractivity contribution in [2.24, 2.45) is 5.73 Å². The van der Waals surface area contributed by atoms with E-state index in [4.69, 9.17) is 11.1 Å². The van der Waals surface area contributed by atoms with Gasteiger partial charge in [0, 0.05) is 12.2 Å². The lowest BCUT2D eigenvalue weighted by molar-refractivity contribution is 0.785. The Kier molecular flexibility index (Phi) is 4.71. The Morgan fingerprint density at radius 3 is 2.45 bits per heavy atom. The quantitative estimate of drug-likeness (QED) is 0.624. The summed E-state index contributed by atoms with van der Waals surface area (Å²) in [6.45, 7) is 3.13. The molecule has 0 saturated carbocycles. The second-order valence-electron chi connectivity index (χ2n) is 4.66. The predicted molar refractivity (Wildman–Crippen MR) is 83.6 cm³/mol. The number of rotatable bonds is 6. The minimum absolute atomic E-state index is 0.00336. The van der Waals surface area contributed by atoms with Gasteiger partial charge in [0.25, 0.3) is 0 Å². The molecule has 0 radical (unpaired) electrons. The van der Waals surface area contributed by atoms with Crippen LogP contribution in [0.5, 0.6) is 0 Å². The van der Waals surface area contributed by atoms with Crippen LogP contribution in [0.2, 0.25) is 0 Å². The molecule has 1 aromatic carbocycles. The summed E-state index contributed by atoms with van der Waals surface area (Å²) in [7, 11) is 0. The summed E-state index contributed by atoms with van der Waals surface area (Å²) in [6, 6.07) is 14.0. The maximum absolute atomic E-state index is 7.39. The van der Waals surface area contributed by atoms with E-state index in [0.717, 1.165) is 30.8 Å². The standard InChI is InChI=1S/C16H20N4/c1-2-3-11-20(13-7-5-4-6-8-13)14-9-10-15(16(17)18)19-12-14/h4-10,12H,2-3,11H2,1H3,(H3,17,18). The number of unbranched alkanes of at least 4 members (excludes halogenated alkanes) is 1. The van der Waals surface area contributed by atoms with Crippen LogP contribution in [0.1, 0.15) is 25.5 Å². The average molecular weight is 268 g/mol. The second-order valence-corrected chi connectivity index (χ2v) is 4.66. The second kappa shape index (κ2) is 6.70. The van der Waals surface area contributed by atoms with Gasteiger partial charge in [-0.15, -0.1) is 0 Å². The van der Waals surface area contributed by atoms with Gasteiger partial charge in [-0.1, -0.05) is 31.5 Å². The van der Waals surface area contributed by atoms with Crippen LogP contribution in [-0.4, -0.2) is 17.4 Å². The molecular weight excluding hydrogens is 248 g/mol. The molecule has 4 nitrogen and oxygen atoms in total. The van der Waals surface area contributed by atoms with Gasteiger partial charge < -0.3 is 10.6 Å². The highest BCUT2D eigenvalue weighted by molar-refractivity contribution is 5.93. The molecule has 2 aromatic rings. The van der Waals surface area contributed by atoms with Gasteiger partial charge in [-0.25, -0.2) is 0 Å². The van der Waals surface area contributed by atoms with E-state index < -0.39 is 0 Å². The van der Waals surface area contributed by atoms with Crippen LogP contribution in [0, 0.1) is 5.41 Å². The number of nitrogens with zero attached hydrogens (tertiary/aromatic N) is 2. The number of aromatic nitrogens is 1. The number of nitrogen functional groups attached to an aromatic ring is 1. The van der Waals surface area contributed by atoms with Crippen LogP contribution in [0.15, 0.2) is 48.7 Å². The van der Waals surface area contributed by atoms with Crippen molar-refractivity contribution in [3.63, 3.8) is 0 Å². The number of amidine groups is 1. The third-order valence-electron chi connectivity index (χ3n) is 3.14. The first-order chi connectivity index (χ1) is 9.72. The van der Waals surface area contributed by atoms with Gasteiger partial charge >= 0.3 is 0 Å². The molecule has 0 aliphatic heterocycles. The summed E-state index contributed by atoms with van der Waals surface area (Å²) < 4.78 is 0. The average Bonchev–Trinajstić information content (AvgIpc) is 2.49. The first kappa shape index (κ1) is 14.1. The molecule has 2 rings (SSSR count). The summed E-state index contributed by atoms with van der Waals surface area (Å²) in [5.41, 5.74) is 8.12. The molecule has 0 amide bonds. The maximum Gasteiger partial charge on any atom is 0.141 e. The Bertz CT molecular complexity index is 548. The zero-order valence-corrected chi connectivity index (χ0v) is 11.7. The Morgan fingerprint density at radius 2 is 1.90 bits per heavy atom. The summed E-state index contributed by atoms with van der Waals surface area (Å²) in [5.74, 6) is -0.00336. The van der Waals surface area contributed by atoms with Crippen LogP contribution >= 0.6 is 0 Å². The third-order valence-corrected chi connectivity index (χ3v) is 3.14. The number of para-hydroxylation sites is 1. The molecule has 0 spiro atoms. The van der Waals surface area contributed by atoms with E-state index in [1.807, 2.05) is 24.3 Å². The number of pyridine rings is 1. The molecule has 0 fully saturated rings. The molecule has 3 N–H and O–H groups in total. The van der Waals surface area contributed by atoms with Gasteiger partial charge in [-0.3, -0.25) is 10.4 Å².